The van der Waals surface area contributed by atoms with Gasteiger partial charge in [-0.3, -0.25) is 9.78 Å². The van der Waals surface area contributed by atoms with E-state index in [0.717, 1.165) is 27.6 Å². The minimum Gasteiger partial charge on any atom is -0.450 e. The Balaban J connectivity index is 1.46. The number of ether oxygens (including phenoxy) is 2. The van der Waals surface area contributed by atoms with Gasteiger partial charge in [0.25, 0.3) is 5.91 Å². The predicted molar refractivity (Wildman–Crippen MR) is 96.0 cm³/mol. The Morgan fingerprint density at radius 2 is 1.85 bits per heavy atom. The average Bonchev–Trinajstić information content (AvgIpc) is 3.30. The van der Waals surface area contributed by atoms with Gasteiger partial charge in [0.15, 0.2) is 11.5 Å². The van der Waals surface area contributed by atoms with Crippen molar-refractivity contribution in [3.8, 4) is 0 Å². The van der Waals surface area contributed by atoms with E-state index in [4.69, 9.17) is 13.9 Å². The number of carbonyl (C=O) groups is 1. The lowest BCUT2D eigenvalue weighted by Gasteiger charge is -2.37. The van der Waals surface area contributed by atoms with Crippen LogP contribution in [0, 0.1) is 6.92 Å². The highest BCUT2D eigenvalue weighted by molar-refractivity contribution is 6.06. The summed E-state index contributed by atoms with van der Waals surface area (Å²) < 4.78 is 17.5. The van der Waals surface area contributed by atoms with Crippen LogP contribution in [0.15, 0.2) is 34.7 Å². The van der Waals surface area contributed by atoms with E-state index < -0.39 is 5.79 Å². The van der Waals surface area contributed by atoms with Crippen molar-refractivity contribution in [2.45, 2.75) is 25.6 Å². The maximum absolute atomic E-state index is 13.0. The zero-order chi connectivity index (χ0) is 17.7. The molecule has 4 heterocycles. The Hall–Kier alpha value is -2.44. The molecule has 26 heavy (non-hydrogen) atoms. The lowest BCUT2D eigenvalue weighted by Crippen LogP contribution is -2.47. The molecule has 3 aromatic rings. The highest BCUT2D eigenvalue weighted by atomic mass is 16.7. The molecule has 6 nitrogen and oxygen atoms in total. The molecular formula is C20H20N2O4. The number of hydrogen-bond donors (Lipinski definition) is 0. The molecule has 0 unspecified atom stereocenters. The summed E-state index contributed by atoms with van der Waals surface area (Å²) in [7, 11) is 0. The van der Waals surface area contributed by atoms with Gasteiger partial charge >= 0.3 is 0 Å². The number of piperidine rings is 1. The summed E-state index contributed by atoms with van der Waals surface area (Å²) in [4.78, 5) is 19.4. The number of nitrogens with zero attached hydrogens (tertiary/aromatic N) is 2. The number of benzene rings is 1. The summed E-state index contributed by atoms with van der Waals surface area (Å²) in [6.45, 7) is 4.42. The Kier molecular flexibility index (Phi) is 3.52. The minimum atomic E-state index is -0.485. The van der Waals surface area contributed by atoms with Gasteiger partial charge in [-0.25, -0.2) is 0 Å². The van der Waals surface area contributed by atoms with Crippen LogP contribution in [0.2, 0.25) is 0 Å². The van der Waals surface area contributed by atoms with E-state index in [1.807, 2.05) is 42.2 Å². The van der Waals surface area contributed by atoms with E-state index in [2.05, 4.69) is 4.98 Å². The van der Waals surface area contributed by atoms with Crippen molar-refractivity contribution < 1.29 is 18.7 Å². The zero-order valence-electron chi connectivity index (χ0n) is 14.7. The van der Waals surface area contributed by atoms with Crippen molar-refractivity contribution in [1.82, 2.24) is 9.88 Å². The number of rotatable bonds is 1. The summed E-state index contributed by atoms with van der Waals surface area (Å²) in [5.74, 6) is -0.204. The molecule has 1 aromatic carbocycles. The number of fused-ring (bicyclic) bond motifs is 3. The fraction of sp³-hybridized carbons (Fsp3) is 0.400. The van der Waals surface area contributed by atoms with Gasteiger partial charge in [-0.1, -0.05) is 12.1 Å². The van der Waals surface area contributed by atoms with Gasteiger partial charge in [0.2, 0.25) is 0 Å². The van der Waals surface area contributed by atoms with E-state index in [0.29, 0.717) is 44.9 Å². The van der Waals surface area contributed by atoms with Crippen LogP contribution >= 0.6 is 0 Å². The second-order valence-electron chi connectivity index (χ2n) is 6.97. The number of carbonyl (C=O) groups excluding carboxylic acids is 1. The van der Waals surface area contributed by atoms with Crippen molar-refractivity contribution in [2.24, 2.45) is 0 Å². The number of furan rings is 1. The van der Waals surface area contributed by atoms with Crippen molar-refractivity contribution in [3.63, 3.8) is 0 Å². The first kappa shape index (κ1) is 15.8. The zero-order valence-corrected chi connectivity index (χ0v) is 14.7. The van der Waals surface area contributed by atoms with Crippen LogP contribution in [-0.2, 0) is 9.47 Å². The summed E-state index contributed by atoms with van der Waals surface area (Å²) in [6, 6.07) is 9.65. The third kappa shape index (κ3) is 2.40. The molecule has 2 aromatic heterocycles. The maximum atomic E-state index is 13.0. The highest BCUT2D eigenvalue weighted by Gasteiger charge is 2.41. The van der Waals surface area contributed by atoms with Crippen molar-refractivity contribution in [1.29, 1.82) is 0 Å². The summed E-state index contributed by atoms with van der Waals surface area (Å²) in [5, 5.41) is 1.82. The molecule has 0 saturated carbocycles. The maximum Gasteiger partial charge on any atom is 0.289 e. The molecule has 1 amide bonds. The van der Waals surface area contributed by atoms with Gasteiger partial charge in [-0.2, -0.15) is 0 Å². The van der Waals surface area contributed by atoms with Crippen molar-refractivity contribution in [2.75, 3.05) is 26.3 Å². The fourth-order valence-electron chi connectivity index (χ4n) is 3.96. The molecule has 2 saturated heterocycles. The molecule has 0 atom stereocenters. The molecule has 0 N–H and O–H groups in total. The molecule has 1 spiro atoms. The van der Waals surface area contributed by atoms with E-state index >= 15 is 0 Å². The standard InChI is InChI=1S/C20H20N2O4/c1-13-15-12-17(26-18(15)14-4-2-3-5-16(14)21-13)19(23)22-8-6-20(7-9-22)24-10-11-25-20/h2-5,12H,6-11H2,1H3. The fourth-order valence-corrected chi connectivity index (χ4v) is 3.96. The quantitative estimate of drug-likeness (QED) is 0.672. The predicted octanol–water partition coefficient (Wildman–Crippen LogP) is 3.27. The second kappa shape index (κ2) is 5.79. The molecule has 2 fully saturated rings. The van der Waals surface area contributed by atoms with E-state index in [-0.39, 0.29) is 5.91 Å². The number of amides is 1. The van der Waals surface area contributed by atoms with Crippen LogP contribution in [0.3, 0.4) is 0 Å². The first-order chi connectivity index (χ1) is 12.7. The first-order valence-corrected chi connectivity index (χ1v) is 9.01. The number of aryl methyl sites for hydroxylation is 1. The topological polar surface area (TPSA) is 64.8 Å². The Bertz CT molecular complexity index is 994. The van der Waals surface area contributed by atoms with E-state index in [1.54, 1.807) is 0 Å². The minimum absolute atomic E-state index is 0.0856. The Morgan fingerprint density at radius 3 is 2.62 bits per heavy atom. The van der Waals surface area contributed by atoms with Crippen molar-refractivity contribution in [3.05, 3.63) is 41.8 Å². The number of likely N-dealkylation sites (tertiary alicyclic amines) is 1. The van der Waals surface area contributed by atoms with Crippen LogP contribution in [0.25, 0.3) is 21.9 Å². The summed E-state index contributed by atoms with van der Waals surface area (Å²) in [6.07, 6.45) is 1.39. The smallest absolute Gasteiger partial charge is 0.289 e. The summed E-state index contributed by atoms with van der Waals surface area (Å²) in [5.41, 5.74) is 2.47. The molecule has 0 aliphatic carbocycles. The molecule has 5 rings (SSSR count). The Morgan fingerprint density at radius 1 is 1.12 bits per heavy atom. The molecule has 134 valence electrons. The highest BCUT2D eigenvalue weighted by Crippen LogP contribution is 2.33. The molecule has 2 aliphatic rings. The normalized spacial score (nSPS) is 19.7. The number of para-hydroxylation sites is 1. The van der Waals surface area contributed by atoms with E-state index in [9.17, 15) is 4.79 Å². The molecule has 2 aliphatic heterocycles. The van der Waals surface area contributed by atoms with E-state index in [1.165, 1.54) is 0 Å². The van der Waals surface area contributed by atoms with Gasteiger partial charge < -0.3 is 18.8 Å². The van der Waals surface area contributed by atoms with Gasteiger partial charge in [0.05, 0.1) is 18.7 Å². The molecule has 6 heteroatoms. The van der Waals surface area contributed by atoms with Gasteiger partial charge in [0.1, 0.15) is 5.58 Å². The average molecular weight is 352 g/mol. The van der Waals surface area contributed by atoms with Crippen LogP contribution in [0.1, 0.15) is 29.1 Å². The van der Waals surface area contributed by atoms with Gasteiger partial charge in [0, 0.05) is 42.4 Å². The molecular weight excluding hydrogens is 332 g/mol. The molecule has 0 radical (unpaired) electrons. The monoisotopic (exact) mass is 352 g/mol. The number of pyridine rings is 1. The third-order valence-electron chi connectivity index (χ3n) is 5.40. The third-order valence-corrected chi connectivity index (χ3v) is 5.40. The van der Waals surface area contributed by atoms with Crippen LogP contribution < -0.4 is 0 Å². The largest absolute Gasteiger partial charge is 0.450 e. The SMILES string of the molecule is Cc1nc2ccccc2c2oc(C(=O)N3CCC4(CC3)OCCO4)cc12. The number of hydrogen-bond acceptors (Lipinski definition) is 5. The lowest BCUT2D eigenvalue weighted by atomic mass is 10.0. The number of aromatic nitrogens is 1. The molecule has 0 bridgehead atoms. The summed E-state index contributed by atoms with van der Waals surface area (Å²) >= 11 is 0. The Labute approximate surface area is 150 Å². The second-order valence-corrected chi connectivity index (χ2v) is 6.97. The first-order valence-electron chi connectivity index (χ1n) is 9.01. The van der Waals surface area contributed by atoms with Gasteiger partial charge in [-0.15, -0.1) is 0 Å². The van der Waals surface area contributed by atoms with Crippen LogP contribution in [-0.4, -0.2) is 47.9 Å². The van der Waals surface area contributed by atoms with Gasteiger partial charge in [-0.05, 0) is 25.1 Å². The van der Waals surface area contributed by atoms with Crippen LogP contribution in [0.4, 0.5) is 0 Å². The lowest BCUT2D eigenvalue weighted by molar-refractivity contribution is -0.181. The van der Waals surface area contributed by atoms with Crippen LogP contribution in [0.5, 0.6) is 0 Å². The van der Waals surface area contributed by atoms with Crippen molar-refractivity contribution >= 4 is 27.8 Å².